The molecule has 2 atom stereocenters. The summed E-state index contributed by atoms with van der Waals surface area (Å²) in [6.07, 6.45) is 0. The molecule has 0 saturated heterocycles. The van der Waals surface area contributed by atoms with Crippen LogP contribution in [0.2, 0.25) is 0 Å². The molecule has 4 N–H and O–H groups in total. The van der Waals surface area contributed by atoms with E-state index in [0.29, 0.717) is 10.6 Å². The molecule has 2 unspecified atom stereocenters. The predicted octanol–water partition coefficient (Wildman–Crippen LogP) is 0.529. The van der Waals surface area contributed by atoms with E-state index in [0.717, 1.165) is 5.56 Å². The Labute approximate surface area is 114 Å². The Bertz CT molecular complexity index is 531. The van der Waals surface area contributed by atoms with E-state index in [1.807, 2.05) is 6.92 Å². The lowest BCUT2D eigenvalue weighted by Gasteiger charge is -2.13. The molecule has 0 heterocycles. The third-order valence-electron chi connectivity index (χ3n) is 2.54. The van der Waals surface area contributed by atoms with Crippen LogP contribution in [0.3, 0.4) is 0 Å². The van der Waals surface area contributed by atoms with Crippen molar-refractivity contribution >= 4 is 28.4 Å². The lowest BCUT2D eigenvalue weighted by molar-refractivity contribution is -0.119. The van der Waals surface area contributed by atoms with Crippen molar-refractivity contribution in [3.05, 3.63) is 23.8 Å². The normalized spacial score (nSPS) is 13.4. The molecule has 0 fully saturated rings. The average molecular weight is 283 g/mol. The van der Waals surface area contributed by atoms with Gasteiger partial charge in [-0.15, -0.1) is 0 Å². The van der Waals surface area contributed by atoms with E-state index < -0.39 is 28.0 Å². The number of imide groups is 1. The van der Waals surface area contributed by atoms with Crippen molar-refractivity contribution < 1.29 is 13.8 Å². The minimum Gasteiger partial charge on any atom is -0.398 e. The molecule has 3 amide bonds. The van der Waals surface area contributed by atoms with E-state index >= 15 is 0 Å². The van der Waals surface area contributed by atoms with Crippen molar-refractivity contribution in [3.8, 4) is 0 Å². The summed E-state index contributed by atoms with van der Waals surface area (Å²) in [6, 6.07) is 4.46. The number of hydrogen-bond acceptors (Lipinski definition) is 4. The summed E-state index contributed by atoms with van der Waals surface area (Å²) in [5.74, 6) is -0.613. The van der Waals surface area contributed by atoms with E-state index in [1.165, 1.54) is 14.0 Å². The fourth-order valence-electron chi connectivity index (χ4n) is 1.41. The predicted molar refractivity (Wildman–Crippen MR) is 74.1 cm³/mol. The number of amides is 3. The van der Waals surface area contributed by atoms with Gasteiger partial charge in [-0.1, -0.05) is 6.07 Å². The number of nitrogens with two attached hydrogens (primary N) is 1. The molecule has 1 aromatic rings. The van der Waals surface area contributed by atoms with Gasteiger partial charge in [-0.25, -0.2) is 4.79 Å². The SMILES string of the molecule is CNC(=O)NC(=O)C(C)S(=O)c1ccc(C)cc1N. The molecule has 0 aromatic heterocycles. The quantitative estimate of drug-likeness (QED) is 0.704. The molecule has 19 heavy (non-hydrogen) atoms. The van der Waals surface area contributed by atoms with Gasteiger partial charge in [-0.3, -0.25) is 14.3 Å². The Morgan fingerprint density at radius 1 is 1.37 bits per heavy atom. The number of benzene rings is 1. The van der Waals surface area contributed by atoms with Crippen LogP contribution in [0.15, 0.2) is 23.1 Å². The van der Waals surface area contributed by atoms with Crippen molar-refractivity contribution in [2.75, 3.05) is 12.8 Å². The van der Waals surface area contributed by atoms with Gasteiger partial charge in [0, 0.05) is 12.7 Å². The van der Waals surface area contributed by atoms with Crippen molar-refractivity contribution in [1.82, 2.24) is 10.6 Å². The fourth-order valence-corrected chi connectivity index (χ4v) is 2.54. The molecule has 0 aliphatic rings. The number of rotatable bonds is 3. The molecule has 0 aliphatic carbocycles. The van der Waals surface area contributed by atoms with Crippen molar-refractivity contribution in [1.29, 1.82) is 0 Å². The van der Waals surface area contributed by atoms with Gasteiger partial charge >= 0.3 is 6.03 Å². The molecule has 6 nitrogen and oxygen atoms in total. The van der Waals surface area contributed by atoms with Crippen LogP contribution in [0, 0.1) is 6.92 Å². The summed E-state index contributed by atoms with van der Waals surface area (Å²) in [7, 11) is -0.222. The van der Waals surface area contributed by atoms with Crippen molar-refractivity contribution in [3.63, 3.8) is 0 Å². The molecule has 1 aromatic carbocycles. The molecule has 0 aliphatic heterocycles. The van der Waals surface area contributed by atoms with Crippen molar-refractivity contribution in [2.24, 2.45) is 0 Å². The standard InChI is InChI=1S/C12H17N3O3S/c1-7-4-5-10(9(13)6-7)19(18)8(2)11(16)15-12(17)14-3/h4-6,8H,13H2,1-3H3,(H2,14,15,16,17). The van der Waals surface area contributed by atoms with Gasteiger partial charge in [-0.05, 0) is 31.5 Å². The van der Waals surface area contributed by atoms with Crippen LogP contribution in [0.1, 0.15) is 12.5 Å². The van der Waals surface area contributed by atoms with Crippen LogP contribution in [-0.2, 0) is 15.6 Å². The smallest absolute Gasteiger partial charge is 0.321 e. The zero-order chi connectivity index (χ0) is 14.6. The number of carbonyl (C=O) groups is 2. The van der Waals surface area contributed by atoms with Gasteiger partial charge in [0.25, 0.3) is 0 Å². The molecule has 1 rings (SSSR count). The van der Waals surface area contributed by atoms with E-state index in [2.05, 4.69) is 10.6 Å². The third kappa shape index (κ3) is 3.78. The van der Waals surface area contributed by atoms with Gasteiger partial charge in [0.05, 0.1) is 15.7 Å². The number of anilines is 1. The van der Waals surface area contributed by atoms with Crippen molar-refractivity contribution in [2.45, 2.75) is 24.0 Å². The Morgan fingerprint density at radius 3 is 2.53 bits per heavy atom. The Balaban J connectivity index is 2.87. The summed E-state index contributed by atoms with van der Waals surface area (Å²) in [4.78, 5) is 23.1. The first-order valence-electron chi connectivity index (χ1n) is 5.66. The van der Waals surface area contributed by atoms with Gasteiger partial charge in [0.1, 0.15) is 5.25 Å². The van der Waals surface area contributed by atoms with Crippen LogP contribution in [-0.4, -0.2) is 28.4 Å². The topological polar surface area (TPSA) is 101 Å². The largest absolute Gasteiger partial charge is 0.398 e. The van der Waals surface area contributed by atoms with E-state index in [1.54, 1.807) is 18.2 Å². The number of nitrogen functional groups attached to an aromatic ring is 1. The second kappa shape index (κ2) is 6.33. The molecule has 0 saturated carbocycles. The summed E-state index contributed by atoms with van der Waals surface area (Å²) >= 11 is 0. The summed E-state index contributed by atoms with van der Waals surface area (Å²) in [6.45, 7) is 3.35. The van der Waals surface area contributed by atoms with Gasteiger partial charge in [0.15, 0.2) is 0 Å². The summed E-state index contributed by atoms with van der Waals surface area (Å²) in [5.41, 5.74) is 7.10. The zero-order valence-electron chi connectivity index (χ0n) is 11.0. The van der Waals surface area contributed by atoms with E-state index in [9.17, 15) is 13.8 Å². The van der Waals surface area contributed by atoms with Gasteiger partial charge in [0.2, 0.25) is 5.91 Å². The highest BCUT2D eigenvalue weighted by molar-refractivity contribution is 7.86. The van der Waals surface area contributed by atoms with Gasteiger partial charge < -0.3 is 11.1 Å². The average Bonchev–Trinajstić information content (AvgIpc) is 2.36. The summed E-state index contributed by atoms with van der Waals surface area (Å²) < 4.78 is 12.2. The number of nitrogens with one attached hydrogen (secondary N) is 2. The van der Waals surface area contributed by atoms with Crippen LogP contribution in [0.25, 0.3) is 0 Å². The zero-order valence-corrected chi connectivity index (χ0v) is 11.8. The van der Waals surface area contributed by atoms with E-state index in [4.69, 9.17) is 5.73 Å². The lowest BCUT2D eigenvalue weighted by Crippen LogP contribution is -2.43. The highest BCUT2D eigenvalue weighted by Gasteiger charge is 2.24. The van der Waals surface area contributed by atoms with Gasteiger partial charge in [-0.2, -0.15) is 0 Å². The number of urea groups is 1. The molecule has 7 heteroatoms. The number of carbonyl (C=O) groups excluding carboxylic acids is 2. The maximum atomic E-state index is 12.2. The fraction of sp³-hybridized carbons (Fsp3) is 0.333. The number of aryl methyl sites for hydroxylation is 1. The van der Waals surface area contributed by atoms with Crippen LogP contribution < -0.4 is 16.4 Å². The second-order valence-corrected chi connectivity index (χ2v) is 5.79. The Hall–Kier alpha value is -1.89. The Kier molecular flexibility index (Phi) is 5.05. The molecular formula is C12H17N3O3S. The Morgan fingerprint density at radius 2 is 2.00 bits per heavy atom. The molecule has 0 radical (unpaired) electrons. The first kappa shape index (κ1) is 15.2. The minimum atomic E-state index is -1.61. The second-order valence-electron chi connectivity index (χ2n) is 4.05. The highest BCUT2D eigenvalue weighted by Crippen LogP contribution is 2.20. The maximum absolute atomic E-state index is 12.2. The maximum Gasteiger partial charge on any atom is 0.321 e. The molecule has 0 spiro atoms. The first-order valence-corrected chi connectivity index (χ1v) is 6.87. The van der Waals surface area contributed by atoms with Crippen LogP contribution in [0.4, 0.5) is 10.5 Å². The molecular weight excluding hydrogens is 266 g/mol. The third-order valence-corrected chi connectivity index (χ3v) is 4.20. The number of hydrogen-bond donors (Lipinski definition) is 3. The first-order chi connectivity index (χ1) is 8.86. The minimum absolute atomic E-state index is 0.373. The van der Waals surface area contributed by atoms with Crippen LogP contribution >= 0.6 is 0 Å². The van der Waals surface area contributed by atoms with E-state index in [-0.39, 0.29) is 0 Å². The highest BCUT2D eigenvalue weighted by atomic mass is 32.2. The molecule has 104 valence electrons. The monoisotopic (exact) mass is 283 g/mol. The van der Waals surface area contributed by atoms with Crippen LogP contribution in [0.5, 0.6) is 0 Å². The molecule has 0 bridgehead atoms. The lowest BCUT2D eigenvalue weighted by atomic mass is 10.2. The summed E-state index contributed by atoms with van der Waals surface area (Å²) in [5, 5.41) is 3.47.